The normalized spacial score (nSPS) is 14.7. The zero-order chi connectivity index (χ0) is 19.6. The lowest BCUT2D eigenvalue weighted by molar-refractivity contribution is -0.118. The number of rotatable bonds is 6. The van der Waals surface area contributed by atoms with E-state index in [1.54, 1.807) is 0 Å². The topological polar surface area (TPSA) is 120 Å². The van der Waals surface area contributed by atoms with Gasteiger partial charge in [-0.1, -0.05) is 24.3 Å². The van der Waals surface area contributed by atoms with Crippen molar-refractivity contribution in [2.24, 2.45) is 5.73 Å². The molecular formula is C18H21N3O5S. The van der Waals surface area contributed by atoms with E-state index < -0.39 is 10.0 Å². The molecule has 1 atom stereocenters. The average Bonchev–Trinajstić information content (AvgIpc) is 2.65. The molecule has 0 saturated heterocycles. The van der Waals surface area contributed by atoms with Gasteiger partial charge in [-0.15, -0.1) is 0 Å². The van der Waals surface area contributed by atoms with Crippen molar-refractivity contribution in [2.45, 2.75) is 24.4 Å². The Kier molecular flexibility index (Phi) is 5.36. The summed E-state index contributed by atoms with van der Waals surface area (Å²) in [4.78, 5) is 11.4. The molecule has 4 N–H and O–H groups in total. The number of nitrogens with two attached hydrogens (primary N) is 1. The van der Waals surface area contributed by atoms with E-state index in [0.717, 1.165) is 11.1 Å². The predicted molar refractivity (Wildman–Crippen MR) is 100 cm³/mol. The maximum atomic E-state index is 12.8. The molecule has 0 aliphatic carbocycles. The summed E-state index contributed by atoms with van der Waals surface area (Å²) in [6, 6.07) is 10.1. The summed E-state index contributed by atoms with van der Waals surface area (Å²) >= 11 is 0. The molecule has 144 valence electrons. The zero-order valence-corrected chi connectivity index (χ0v) is 15.8. The number of carbonyl (C=O) groups is 1. The van der Waals surface area contributed by atoms with Gasteiger partial charge in [-0.3, -0.25) is 4.79 Å². The van der Waals surface area contributed by atoms with Crippen LogP contribution in [0.5, 0.6) is 11.5 Å². The van der Waals surface area contributed by atoms with Gasteiger partial charge in [0.2, 0.25) is 10.0 Å². The van der Waals surface area contributed by atoms with E-state index in [9.17, 15) is 13.2 Å². The minimum Gasteiger partial charge on any atom is -0.495 e. The summed E-state index contributed by atoms with van der Waals surface area (Å²) in [7, 11) is -2.51. The van der Waals surface area contributed by atoms with Gasteiger partial charge in [0.1, 0.15) is 16.4 Å². The van der Waals surface area contributed by atoms with E-state index in [0.29, 0.717) is 5.69 Å². The number of hydrogen-bond donors (Lipinski definition) is 3. The molecule has 2 aromatic carbocycles. The SMILES string of the molecule is COc1cc2c(cc1S(=O)(=O)NCc1ccc(C(C)N)cc1)OCC(=O)N2. The number of anilines is 1. The molecule has 8 nitrogen and oxygen atoms in total. The second-order valence-corrected chi connectivity index (χ2v) is 7.93. The summed E-state index contributed by atoms with van der Waals surface area (Å²) in [5.41, 5.74) is 7.95. The predicted octanol–water partition coefficient (Wildman–Crippen LogP) is 1.52. The Hall–Kier alpha value is -2.62. The first kappa shape index (κ1) is 19.2. The molecule has 2 aromatic rings. The Morgan fingerprint density at radius 2 is 2.00 bits per heavy atom. The van der Waals surface area contributed by atoms with Crippen LogP contribution in [0.25, 0.3) is 0 Å². The van der Waals surface area contributed by atoms with Crippen LogP contribution in [0.1, 0.15) is 24.1 Å². The molecule has 0 bridgehead atoms. The van der Waals surface area contributed by atoms with Gasteiger partial charge in [0, 0.05) is 24.7 Å². The van der Waals surface area contributed by atoms with Gasteiger partial charge >= 0.3 is 0 Å². The number of sulfonamides is 1. The summed E-state index contributed by atoms with van der Waals surface area (Å²) < 4.78 is 38.5. The van der Waals surface area contributed by atoms with Crippen molar-refractivity contribution < 1.29 is 22.7 Å². The molecule has 27 heavy (non-hydrogen) atoms. The fourth-order valence-electron chi connectivity index (χ4n) is 2.65. The lowest BCUT2D eigenvalue weighted by Crippen LogP contribution is -2.27. The van der Waals surface area contributed by atoms with Gasteiger partial charge in [0.05, 0.1) is 12.8 Å². The maximum Gasteiger partial charge on any atom is 0.262 e. The van der Waals surface area contributed by atoms with Gasteiger partial charge in [-0.05, 0) is 18.1 Å². The third-order valence-electron chi connectivity index (χ3n) is 4.16. The van der Waals surface area contributed by atoms with Crippen molar-refractivity contribution in [2.75, 3.05) is 19.0 Å². The van der Waals surface area contributed by atoms with Gasteiger partial charge in [0.25, 0.3) is 5.91 Å². The standard InChI is InChI=1S/C18H21N3O5S/c1-11(19)13-5-3-12(4-6-13)9-20-27(23,24)17-8-15-14(7-16(17)25-2)21-18(22)10-26-15/h3-8,11,20H,9-10,19H2,1-2H3,(H,21,22). The molecule has 1 aliphatic heterocycles. The van der Waals surface area contributed by atoms with E-state index in [-0.39, 0.29) is 41.5 Å². The van der Waals surface area contributed by atoms with E-state index in [1.165, 1.54) is 19.2 Å². The van der Waals surface area contributed by atoms with E-state index in [1.807, 2.05) is 31.2 Å². The number of benzene rings is 2. The lowest BCUT2D eigenvalue weighted by Gasteiger charge is -2.20. The molecule has 0 saturated carbocycles. The van der Waals surface area contributed by atoms with Gasteiger partial charge in [0.15, 0.2) is 6.61 Å². The van der Waals surface area contributed by atoms with Crippen LogP contribution in [0.3, 0.4) is 0 Å². The van der Waals surface area contributed by atoms with Crippen LogP contribution in [0.4, 0.5) is 5.69 Å². The Bertz CT molecular complexity index is 956. The second-order valence-electron chi connectivity index (χ2n) is 6.19. The van der Waals surface area contributed by atoms with Crippen molar-refractivity contribution in [1.29, 1.82) is 0 Å². The Morgan fingerprint density at radius 1 is 1.30 bits per heavy atom. The quantitative estimate of drug-likeness (QED) is 0.687. The van der Waals surface area contributed by atoms with Crippen LogP contribution in [0.15, 0.2) is 41.3 Å². The molecular weight excluding hydrogens is 370 g/mol. The second kappa shape index (κ2) is 7.55. The highest BCUT2D eigenvalue weighted by Gasteiger charge is 2.25. The maximum absolute atomic E-state index is 12.8. The molecule has 0 fully saturated rings. The zero-order valence-electron chi connectivity index (χ0n) is 15.0. The summed E-state index contributed by atoms with van der Waals surface area (Å²) in [6.45, 7) is 1.82. The number of hydrogen-bond acceptors (Lipinski definition) is 6. The van der Waals surface area contributed by atoms with Crippen molar-refractivity contribution in [3.63, 3.8) is 0 Å². The molecule has 0 aromatic heterocycles. The minimum atomic E-state index is -3.87. The Balaban J connectivity index is 1.82. The monoisotopic (exact) mass is 391 g/mol. The highest BCUT2D eigenvalue weighted by atomic mass is 32.2. The van der Waals surface area contributed by atoms with Gasteiger partial charge in [-0.25, -0.2) is 13.1 Å². The lowest BCUT2D eigenvalue weighted by atomic mass is 10.1. The molecule has 0 spiro atoms. The molecule has 3 rings (SSSR count). The van der Waals surface area contributed by atoms with Crippen molar-refractivity contribution in [3.05, 3.63) is 47.5 Å². The van der Waals surface area contributed by atoms with Crippen LogP contribution < -0.4 is 25.2 Å². The number of methoxy groups -OCH3 is 1. The van der Waals surface area contributed by atoms with Crippen molar-refractivity contribution in [1.82, 2.24) is 4.72 Å². The molecule has 9 heteroatoms. The highest BCUT2D eigenvalue weighted by molar-refractivity contribution is 7.89. The van der Waals surface area contributed by atoms with Gasteiger partial charge in [-0.2, -0.15) is 0 Å². The van der Waals surface area contributed by atoms with Crippen LogP contribution in [-0.4, -0.2) is 28.0 Å². The largest absolute Gasteiger partial charge is 0.495 e. The first-order chi connectivity index (χ1) is 12.8. The summed E-state index contributed by atoms with van der Waals surface area (Å²) in [6.07, 6.45) is 0. The third kappa shape index (κ3) is 4.21. The molecule has 1 amide bonds. The number of amides is 1. The summed E-state index contributed by atoms with van der Waals surface area (Å²) in [5, 5.41) is 2.62. The average molecular weight is 391 g/mol. The van der Waals surface area contributed by atoms with E-state index in [2.05, 4.69) is 10.0 Å². The fourth-order valence-corrected chi connectivity index (χ4v) is 3.83. The summed E-state index contributed by atoms with van der Waals surface area (Å²) in [5.74, 6) is 0.0740. The number of ether oxygens (including phenoxy) is 2. The van der Waals surface area contributed by atoms with Gasteiger partial charge < -0.3 is 20.5 Å². The minimum absolute atomic E-state index is 0.0629. The van der Waals surface area contributed by atoms with Crippen LogP contribution in [0, 0.1) is 0 Å². The Morgan fingerprint density at radius 3 is 2.63 bits per heavy atom. The fraction of sp³-hybridized carbons (Fsp3) is 0.278. The highest BCUT2D eigenvalue weighted by Crippen LogP contribution is 2.37. The first-order valence-corrected chi connectivity index (χ1v) is 9.77. The smallest absolute Gasteiger partial charge is 0.262 e. The van der Waals surface area contributed by atoms with Crippen molar-refractivity contribution in [3.8, 4) is 11.5 Å². The molecule has 1 heterocycles. The van der Waals surface area contributed by atoms with Crippen molar-refractivity contribution >= 4 is 21.6 Å². The van der Waals surface area contributed by atoms with Crippen LogP contribution >= 0.6 is 0 Å². The molecule has 1 unspecified atom stereocenters. The van der Waals surface area contributed by atoms with Crippen LogP contribution in [-0.2, 0) is 21.4 Å². The first-order valence-electron chi connectivity index (χ1n) is 8.29. The van der Waals surface area contributed by atoms with E-state index in [4.69, 9.17) is 15.2 Å². The number of nitrogens with one attached hydrogen (secondary N) is 2. The molecule has 1 aliphatic rings. The molecule has 0 radical (unpaired) electrons. The van der Waals surface area contributed by atoms with E-state index >= 15 is 0 Å². The Labute approximate surface area is 157 Å². The van der Waals surface area contributed by atoms with Crippen LogP contribution in [0.2, 0.25) is 0 Å². The third-order valence-corrected chi connectivity index (χ3v) is 5.58. The number of carbonyl (C=O) groups excluding carboxylic acids is 1. The number of fused-ring (bicyclic) bond motifs is 1.